The van der Waals surface area contributed by atoms with Crippen molar-refractivity contribution in [1.82, 2.24) is 0 Å². The molecular weight excluding hydrogens is 1730 g/mol. The van der Waals surface area contributed by atoms with Crippen molar-refractivity contribution in [1.29, 1.82) is 0 Å². The number of nitrogens with zero attached hydrogens (tertiary/aromatic N) is 2. The highest BCUT2D eigenvalue weighted by Gasteiger charge is 2.59. The minimum Gasteiger partial charge on any atom is -0.310 e. The van der Waals surface area contributed by atoms with Crippen LogP contribution in [-0.2, 0) is 21.7 Å². The van der Waals surface area contributed by atoms with Gasteiger partial charge in [0.2, 0.25) is 0 Å². The fourth-order valence-corrected chi connectivity index (χ4v) is 27.1. The number of thiophene rings is 2. The van der Waals surface area contributed by atoms with Gasteiger partial charge in [-0.3, -0.25) is 0 Å². The molecule has 140 heavy (non-hydrogen) atoms. The molecule has 4 aliphatic carbocycles. The van der Waals surface area contributed by atoms with E-state index in [0.717, 1.165) is 34.1 Å². The lowest BCUT2D eigenvalue weighted by atomic mass is 9.51. The molecule has 4 heteroatoms. The molecule has 4 aliphatic rings. The van der Waals surface area contributed by atoms with E-state index in [9.17, 15) is 0 Å². The van der Waals surface area contributed by atoms with E-state index in [-0.39, 0.29) is 0 Å². The van der Waals surface area contributed by atoms with E-state index in [1.54, 1.807) is 0 Å². The summed E-state index contributed by atoms with van der Waals surface area (Å²) in [6, 6.07) is 204. The topological polar surface area (TPSA) is 6.48 Å². The van der Waals surface area contributed by atoms with Crippen molar-refractivity contribution in [3.05, 3.63) is 635 Å². The van der Waals surface area contributed by atoms with Gasteiger partial charge in [0.05, 0.1) is 21.7 Å². The Hall–Kier alpha value is -17.1. The van der Waals surface area contributed by atoms with E-state index in [2.05, 4.69) is 556 Å². The Morgan fingerprint density at radius 2 is 0.357 bits per heavy atom. The van der Waals surface area contributed by atoms with E-state index in [0.29, 0.717) is 0 Å². The van der Waals surface area contributed by atoms with Crippen molar-refractivity contribution in [3.8, 4) is 66.8 Å². The molecule has 0 atom stereocenters. The van der Waals surface area contributed by atoms with Crippen molar-refractivity contribution in [2.75, 3.05) is 9.80 Å². The van der Waals surface area contributed by atoms with Gasteiger partial charge in [-0.25, -0.2) is 0 Å². The van der Waals surface area contributed by atoms with E-state index < -0.39 is 21.7 Å². The molecule has 2 aromatic heterocycles. The molecule has 2 heterocycles. The second-order valence-corrected chi connectivity index (χ2v) is 39.5. The number of fused-ring (bicyclic) bond motifs is 24. The third-order valence-electron chi connectivity index (χ3n) is 30.5. The molecule has 24 aromatic rings. The molecular formula is C136H90N2S2. The van der Waals surface area contributed by atoms with Crippen LogP contribution in [0.1, 0.15) is 89.0 Å². The van der Waals surface area contributed by atoms with Crippen LogP contribution in [0.4, 0.5) is 34.1 Å². The summed E-state index contributed by atoms with van der Waals surface area (Å²) in [4.78, 5) is 4.91. The molecule has 28 rings (SSSR count). The Bertz CT molecular complexity index is 8200. The maximum Gasteiger partial charge on any atom is 0.0720 e. The molecule has 0 N–H and O–H groups in total. The van der Waals surface area contributed by atoms with Crippen LogP contribution < -0.4 is 9.80 Å². The molecule has 2 nitrogen and oxygen atoms in total. The summed E-state index contributed by atoms with van der Waals surface area (Å²) < 4.78 is 5.26. The predicted molar refractivity (Wildman–Crippen MR) is 588 cm³/mol. The van der Waals surface area contributed by atoms with E-state index in [4.69, 9.17) is 0 Å². The van der Waals surface area contributed by atoms with Gasteiger partial charge in [-0.2, -0.15) is 0 Å². The minimum absolute atomic E-state index is 0.565. The van der Waals surface area contributed by atoms with Gasteiger partial charge < -0.3 is 9.80 Å². The van der Waals surface area contributed by atoms with Crippen LogP contribution in [0.5, 0.6) is 0 Å². The van der Waals surface area contributed by atoms with Gasteiger partial charge in [-0.1, -0.05) is 449 Å². The van der Waals surface area contributed by atoms with E-state index in [1.807, 2.05) is 22.7 Å². The predicted octanol–water partition coefficient (Wildman–Crippen LogP) is 35.8. The van der Waals surface area contributed by atoms with Crippen LogP contribution in [0.2, 0.25) is 0 Å². The number of rotatable bonds is 14. The molecule has 0 amide bonds. The molecule has 0 radical (unpaired) electrons. The van der Waals surface area contributed by atoms with Gasteiger partial charge in [-0.15, -0.1) is 22.7 Å². The molecule has 0 unspecified atom stereocenters. The van der Waals surface area contributed by atoms with Gasteiger partial charge in [0.25, 0.3) is 0 Å². The van der Waals surface area contributed by atoms with Crippen LogP contribution in [0.25, 0.3) is 107 Å². The lowest BCUT2D eigenvalue weighted by Gasteiger charge is -2.50. The maximum atomic E-state index is 2.51. The Balaban J connectivity index is 0.000000141. The Labute approximate surface area is 823 Å². The molecule has 0 fully saturated rings. The van der Waals surface area contributed by atoms with Gasteiger partial charge in [0.15, 0.2) is 0 Å². The largest absolute Gasteiger partial charge is 0.310 e. The quantitative estimate of drug-likeness (QED) is 0.107. The lowest BCUT2D eigenvalue weighted by molar-refractivity contribution is 0.623. The van der Waals surface area contributed by atoms with Gasteiger partial charge in [0, 0.05) is 74.5 Å². The Morgan fingerprint density at radius 1 is 0.136 bits per heavy atom. The fourth-order valence-electron chi connectivity index (χ4n) is 24.8. The first kappa shape index (κ1) is 82.4. The SMILES string of the molecule is c1ccc(-c2ccc(N(c3ccc(-c4cccc5sc6ccccc6c45)cc3)c3ccc4c(c3)C3(c5ccccc5-4)c4ccccc4C(c4ccccc4)(c4ccccc4)c4ccccc43)cc2)cc1.c1ccc(-c2ccc(N(c3ccc(-c4cccc5sc6ccccc6c45)cc3)c3ccc4c(c3)C3(c5ccccc5-4)c4ccccc4C(c4ccccc4)(c4ccccc4)c4ccccc43)cc2)cc1. The number of benzene rings is 22. The monoisotopic (exact) mass is 1810 g/mol. The van der Waals surface area contributed by atoms with Crippen LogP contribution in [0.3, 0.4) is 0 Å². The second kappa shape index (κ2) is 33.4. The smallest absolute Gasteiger partial charge is 0.0720 e. The van der Waals surface area contributed by atoms with Gasteiger partial charge in [0.1, 0.15) is 0 Å². The summed E-state index contributed by atoms with van der Waals surface area (Å²) >= 11 is 3.74. The summed E-state index contributed by atoms with van der Waals surface area (Å²) in [5.74, 6) is 0. The Morgan fingerprint density at radius 3 is 0.671 bits per heavy atom. The number of anilines is 6. The van der Waals surface area contributed by atoms with Gasteiger partial charge in [-0.05, 0) is 253 Å². The van der Waals surface area contributed by atoms with Crippen molar-refractivity contribution in [2.24, 2.45) is 0 Å². The van der Waals surface area contributed by atoms with E-state index >= 15 is 0 Å². The van der Waals surface area contributed by atoms with Crippen molar-refractivity contribution in [2.45, 2.75) is 21.7 Å². The molecule has 22 aromatic carbocycles. The number of hydrogen-bond acceptors (Lipinski definition) is 4. The van der Waals surface area contributed by atoms with Crippen molar-refractivity contribution >= 4 is 97.1 Å². The molecule has 2 spiro atoms. The van der Waals surface area contributed by atoms with Crippen molar-refractivity contribution in [3.63, 3.8) is 0 Å². The first-order valence-corrected chi connectivity index (χ1v) is 50.1. The molecule has 0 saturated carbocycles. The summed E-state index contributed by atoms with van der Waals surface area (Å²) in [6.45, 7) is 0. The van der Waals surface area contributed by atoms with E-state index in [1.165, 1.54) is 196 Å². The Kier molecular flexibility index (Phi) is 19.7. The van der Waals surface area contributed by atoms with Crippen molar-refractivity contribution < 1.29 is 0 Å². The highest BCUT2D eigenvalue weighted by molar-refractivity contribution is 7.26. The first-order valence-electron chi connectivity index (χ1n) is 48.5. The highest BCUT2D eigenvalue weighted by atomic mass is 32.1. The normalized spacial score (nSPS) is 13.7. The molecule has 0 bridgehead atoms. The third-order valence-corrected chi connectivity index (χ3v) is 32.8. The van der Waals surface area contributed by atoms with Crippen LogP contribution in [0, 0.1) is 0 Å². The first-order chi connectivity index (χ1) is 69.4. The summed E-state index contributed by atoms with van der Waals surface area (Å²) in [6.07, 6.45) is 0. The molecule has 656 valence electrons. The summed E-state index contributed by atoms with van der Waals surface area (Å²) in [5, 5.41) is 5.27. The lowest BCUT2D eigenvalue weighted by Crippen LogP contribution is -2.44. The average molecular weight is 1820 g/mol. The zero-order valence-electron chi connectivity index (χ0n) is 76.7. The number of hydrogen-bond donors (Lipinski definition) is 0. The van der Waals surface area contributed by atoms with Crippen LogP contribution in [-0.4, -0.2) is 0 Å². The maximum absolute atomic E-state index is 2.51. The molecule has 0 saturated heterocycles. The summed E-state index contributed by atoms with van der Waals surface area (Å²) in [5.41, 5.74) is 39.7. The fraction of sp³-hybridized carbons (Fsp3) is 0.0294. The third kappa shape index (κ3) is 12.5. The molecule has 0 aliphatic heterocycles. The van der Waals surface area contributed by atoms with Crippen LogP contribution >= 0.6 is 22.7 Å². The zero-order valence-corrected chi connectivity index (χ0v) is 78.3. The summed E-state index contributed by atoms with van der Waals surface area (Å²) in [7, 11) is 0. The highest BCUT2D eigenvalue weighted by Crippen LogP contribution is 2.68. The second-order valence-electron chi connectivity index (χ2n) is 37.3. The van der Waals surface area contributed by atoms with Gasteiger partial charge >= 0.3 is 0 Å². The average Bonchev–Trinajstić information content (AvgIpc) is 1.40. The van der Waals surface area contributed by atoms with Crippen LogP contribution in [0.15, 0.2) is 546 Å². The zero-order chi connectivity index (χ0) is 92.5. The minimum atomic E-state index is -0.614. The standard InChI is InChI=1S/2C68H45NS/c2*1-4-19-46(20-5-1)47-35-39-51(40-36-47)69(52-41-37-48(38-42-52)54-27-18-34-65-66(54)57-26-11-17-33-64(57)70-65)53-43-44-56-55-25-10-12-28-58(55)68(63(56)45-53)61-31-15-13-29-59(61)67(49-21-6-2-7-22-49,50-23-8-3-9-24-50)60-30-14-16-32-62(60)68/h2*1-45H.